The van der Waals surface area contributed by atoms with Gasteiger partial charge in [-0.3, -0.25) is 4.79 Å². The van der Waals surface area contributed by atoms with Gasteiger partial charge in [0, 0.05) is 7.05 Å². The van der Waals surface area contributed by atoms with Crippen LogP contribution in [0.2, 0.25) is 0 Å². The molecule has 0 aromatic rings. The van der Waals surface area contributed by atoms with Crippen LogP contribution in [0, 0.1) is 0 Å². The van der Waals surface area contributed by atoms with Gasteiger partial charge in [-0.2, -0.15) is 0 Å². The lowest BCUT2D eigenvalue weighted by Crippen LogP contribution is -2.45. The Morgan fingerprint density at radius 1 is 1.58 bits per heavy atom. The first-order valence-electron chi connectivity index (χ1n) is 4.46. The van der Waals surface area contributed by atoms with E-state index in [0.717, 1.165) is 0 Å². The Morgan fingerprint density at radius 2 is 2.08 bits per heavy atom. The summed E-state index contributed by atoms with van der Waals surface area (Å²) >= 11 is 0. The van der Waals surface area contributed by atoms with Crippen LogP contribution in [-0.2, 0) is 9.53 Å². The molecule has 0 N–H and O–H groups in total. The van der Waals surface area contributed by atoms with Crippen molar-refractivity contribution in [1.29, 1.82) is 0 Å². The first kappa shape index (κ1) is 11.4. The van der Waals surface area contributed by atoms with Gasteiger partial charge in [0.2, 0.25) is 5.91 Å². The zero-order valence-corrected chi connectivity index (χ0v) is 8.46. The second-order valence-corrected chi connectivity index (χ2v) is 3.08. The summed E-state index contributed by atoms with van der Waals surface area (Å²) < 4.78 is 4.97. The number of nitrogens with zero attached hydrogens (tertiary/aromatic N) is 1. The highest BCUT2D eigenvalue weighted by atomic mass is 16.5. The molecule has 1 rings (SSSR count). The predicted octanol–water partition coefficient (Wildman–Crippen LogP) is 1.28. The molecule has 0 aliphatic carbocycles. The number of rotatable bonds is 0. The van der Waals surface area contributed by atoms with Crippen LogP contribution in [0.4, 0.5) is 0 Å². The van der Waals surface area contributed by atoms with E-state index in [1.165, 1.54) is 6.42 Å². The quantitative estimate of drug-likeness (QED) is 0.552. The second-order valence-electron chi connectivity index (χ2n) is 3.08. The number of carbonyl (C=O) groups excluding carboxylic acids is 1. The molecule has 0 bridgehead atoms. The third-order valence-electron chi connectivity index (χ3n) is 1.64. The van der Waals surface area contributed by atoms with Crippen LogP contribution in [0.3, 0.4) is 0 Å². The van der Waals surface area contributed by atoms with Crippen LogP contribution < -0.4 is 0 Å². The second kappa shape index (κ2) is 6.00. The fraction of sp³-hybridized carbons (Fsp3) is 0.889. The first-order valence-corrected chi connectivity index (χ1v) is 4.46. The molecule has 1 fully saturated rings. The monoisotopic (exact) mass is 173 g/mol. The molecule has 1 unspecified atom stereocenters. The van der Waals surface area contributed by atoms with Crippen molar-refractivity contribution in [3.05, 3.63) is 0 Å². The van der Waals surface area contributed by atoms with Crippen LogP contribution in [0.1, 0.15) is 27.2 Å². The summed E-state index contributed by atoms with van der Waals surface area (Å²) in [4.78, 5) is 12.5. The van der Waals surface area contributed by atoms with E-state index in [9.17, 15) is 4.79 Å². The number of amides is 1. The van der Waals surface area contributed by atoms with Crippen LogP contribution in [0.15, 0.2) is 0 Å². The van der Waals surface area contributed by atoms with Crippen molar-refractivity contribution in [2.24, 2.45) is 0 Å². The number of ether oxygens (including phenoxy) is 1. The largest absolute Gasteiger partial charge is 0.370 e. The normalized spacial score (nSPS) is 23.2. The molecule has 3 heteroatoms. The van der Waals surface area contributed by atoms with Crippen molar-refractivity contribution in [2.75, 3.05) is 20.3 Å². The minimum absolute atomic E-state index is 0.0775. The fourth-order valence-electron chi connectivity index (χ4n) is 0.776. The maximum atomic E-state index is 10.8. The molecule has 1 heterocycles. The fourth-order valence-corrected chi connectivity index (χ4v) is 0.776. The zero-order chi connectivity index (χ0) is 9.56. The number of hydrogen-bond donors (Lipinski definition) is 0. The molecule has 3 nitrogen and oxygen atoms in total. The molecule has 0 aromatic heterocycles. The lowest BCUT2D eigenvalue weighted by molar-refractivity contribution is -0.144. The van der Waals surface area contributed by atoms with E-state index < -0.39 is 0 Å². The Balaban J connectivity index is 0.000000354. The molecular weight excluding hydrogens is 154 g/mol. The van der Waals surface area contributed by atoms with Crippen molar-refractivity contribution in [1.82, 2.24) is 4.90 Å². The lowest BCUT2D eigenvalue weighted by atomic mass is 10.3. The Morgan fingerprint density at radius 3 is 2.42 bits per heavy atom. The number of carbonyl (C=O) groups is 1. The van der Waals surface area contributed by atoms with Crippen LogP contribution >= 0.6 is 0 Å². The van der Waals surface area contributed by atoms with E-state index in [-0.39, 0.29) is 18.6 Å². The molecule has 1 saturated heterocycles. The maximum absolute atomic E-state index is 10.8. The highest BCUT2D eigenvalue weighted by Crippen LogP contribution is 2.02. The van der Waals surface area contributed by atoms with Crippen LogP contribution in [0.25, 0.3) is 0 Å². The summed E-state index contributed by atoms with van der Waals surface area (Å²) in [6.07, 6.45) is 1.25. The van der Waals surface area contributed by atoms with Crippen molar-refractivity contribution < 1.29 is 9.53 Å². The van der Waals surface area contributed by atoms with Gasteiger partial charge in [0.15, 0.2) is 0 Å². The molecule has 12 heavy (non-hydrogen) atoms. The van der Waals surface area contributed by atoms with Gasteiger partial charge in [-0.25, -0.2) is 0 Å². The molecule has 0 saturated carbocycles. The Hall–Kier alpha value is -0.570. The molecule has 1 atom stereocenters. The minimum atomic E-state index is 0.0775. The van der Waals surface area contributed by atoms with Crippen LogP contribution in [0.5, 0.6) is 0 Å². The number of hydrogen-bond acceptors (Lipinski definition) is 2. The summed E-state index contributed by atoms with van der Waals surface area (Å²) in [7, 11) is 1.80. The van der Waals surface area contributed by atoms with Crippen molar-refractivity contribution >= 4 is 5.91 Å². The first-order chi connectivity index (χ1) is 5.63. The van der Waals surface area contributed by atoms with E-state index in [1.807, 2.05) is 6.92 Å². The standard InChI is InChI=1S/C6H11NO2.C3H8/c1-5-3-9-4-6(8)7(5)2;1-3-2/h5H,3-4H2,1-2H3;3H2,1-2H3. The number of likely N-dealkylation sites (N-methyl/N-ethyl adjacent to an activating group) is 1. The Kier molecular flexibility index (Phi) is 5.72. The van der Waals surface area contributed by atoms with Crippen molar-refractivity contribution in [3.63, 3.8) is 0 Å². The molecule has 1 aliphatic rings. The van der Waals surface area contributed by atoms with E-state index >= 15 is 0 Å². The lowest BCUT2D eigenvalue weighted by Gasteiger charge is -2.29. The van der Waals surface area contributed by atoms with Gasteiger partial charge in [-0.1, -0.05) is 20.3 Å². The SMILES string of the molecule is CC1COCC(=O)N1C.CCC. The Bertz CT molecular complexity index is 136. The predicted molar refractivity (Wildman–Crippen MR) is 49.0 cm³/mol. The molecule has 1 aliphatic heterocycles. The molecule has 72 valence electrons. The summed E-state index contributed by atoms with van der Waals surface area (Å²) in [5.74, 6) is 0.0775. The summed E-state index contributed by atoms with van der Waals surface area (Å²) in [5, 5.41) is 0. The molecule has 0 radical (unpaired) electrons. The highest BCUT2D eigenvalue weighted by Gasteiger charge is 2.20. The summed E-state index contributed by atoms with van der Waals surface area (Å²) in [6.45, 7) is 7.14. The van der Waals surface area contributed by atoms with Crippen LogP contribution in [-0.4, -0.2) is 37.1 Å². The summed E-state index contributed by atoms with van der Waals surface area (Å²) in [6, 6.07) is 0.242. The average Bonchev–Trinajstić information content (AvgIpc) is 2.02. The Labute approximate surface area is 74.7 Å². The third kappa shape index (κ3) is 3.72. The zero-order valence-electron chi connectivity index (χ0n) is 8.46. The van der Waals surface area contributed by atoms with Gasteiger partial charge in [0.05, 0.1) is 12.6 Å². The van der Waals surface area contributed by atoms with Gasteiger partial charge >= 0.3 is 0 Å². The smallest absolute Gasteiger partial charge is 0.248 e. The van der Waals surface area contributed by atoms with Gasteiger partial charge in [-0.05, 0) is 6.92 Å². The molecular formula is C9H19NO2. The maximum Gasteiger partial charge on any atom is 0.248 e. The summed E-state index contributed by atoms with van der Waals surface area (Å²) in [5.41, 5.74) is 0. The van der Waals surface area contributed by atoms with Gasteiger partial charge in [0.1, 0.15) is 6.61 Å². The molecule has 0 spiro atoms. The van der Waals surface area contributed by atoms with Gasteiger partial charge in [-0.15, -0.1) is 0 Å². The topological polar surface area (TPSA) is 29.5 Å². The van der Waals surface area contributed by atoms with E-state index in [1.54, 1.807) is 11.9 Å². The van der Waals surface area contributed by atoms with E-state index in [0.29, 0.717) is 6.61 Å². The van der Waals surface area contributed by atoms with Crippen molar-refractivity contribution in [3.8, 4) is 0 Å². The van der Waals surface area contributed by atoms with Gasteiger partial charge < -0.3 is 9.64 Å². The molecule has 1 amide bonds. The van der Waals surface area contributed by atoms with E-state index in [2.05, 4.69) is 13.8 Å². The van der Waals surface area contributed by atoms with Crippen molar-refractivity contribution in [2.45, 2.75) is 33.2 Å². The van der Waals surface area contributed by atoms with Gasteiger partial charge in [0.25, 0.3) is 0 Å². The highest BCUT2D eigenvalue weighted by molar-refractivity contribution is 5.78. The minimum Gasteiger partial charge on any atom is -0.370 e. The average molecular weight is 173 g/mol. The number of morpholine rings is 1. The molecule has 0 aromatic carbocycles. The van der Waals surface area contributed by atoms with E-state index in [4.69, 9.17) is 4.74 Å². The third-order valence-corrected chi connectivity index (χ3v) is 1.64.